The fourth-order valence-electron chi connectivity index (χ4n) is 1.92. The lowest BCUT2D eigenvalue weighted by molar-refractivity contribution is -0.272. The maximum atomic E-state index is 11.1. The van der Waals surface area contributed by atoms with Crippen LogP contribution < -0.4 is 0 Å². The van der Waals surface area contributed by atoms with Gasteiger partial charge in [0.25, 0.3) is 0 Å². The normalized spacial score (nSPS) is 40.1. The fourth-order valence-corrected chi connectivity index (χ4v) is 1.92. The van der Waals surface area contributed by atoms with E-state index in [-0.39, 0.29) is 0 Å². The lowest BCUT2D eigenvalue weighted by atomic mass is 9.82. The summed E-state index contributed by atoms with van der Waals surface area (Å²) in [6.07, 6.45) is -6.69. The minimum atomic E-state index is -2.22. The van der Waals surface area contributed by atoms with Crippen molar-refractivity contribution in [2.24, 2.45) is 5.11 Å². The van der Waals surface area contributed by atoms with Crippen molar-refractivity contribution < 1.29 is 30.0 Å². The van der Waals surface area contributed by atoms with Gasteiger partial charge in [0.2, 0.25) is 0 Å². The minimum absolute atomic E-state index is 0.479. The number of carbonyl (C=O) groups is 1. The number of aliphatic hydroxyl groups is 4. The van der Waals surface area contributed by atoms with E-state index in [1.165, 1.54) is 6.92 Å². The summed E-state index contributed by atoms with van der Waals surface area (Å²) in [6.45, 7) is 0.536. The standard InChI is InChI=1S/C9H15N3O6/c1-4(14)2-9(17)7(16)6(15)5(3-13)18-8(9)11-12-10/h5-8,13,15-17H,2-3H2,1H3/t5-,6-,7+,8-,9-/m1/s1. The van der Waals surface area contributed by atoms with Crippen molar-refractivity contribution in [2.45, 2.75) is 43.5 Å². The highest BCUT2D eigenvalue weighted by Crippen LogP contribution is 2.33. The van der Waals surface area contributed by atoms with Gasteiger partial charge in [-0.2, -0.15) is 0 Å². The number of ketones is 1. The van der Waals surface area contributed by atoms with Crippen LogP contribution in [0.25, 0.3) is 10.4 Å². The molecule has 0 spiro atoms. The monoisotopic (exact) mass is 261 g/mol. The molecule has 0 aliphatic carbocycles. The third-order valence-electron chi connectivity index (χ3n) is 2.82. The van der Waals surface area contributed by atoms with Crippen molar-refractivity contribution in [3.8, 4) is 0 Å². The minimum Gasteiger partial charge on any atom is -0.394 e. The average Bonchev–Trinajstić information content (AvgIpc) is 2.30. The van der Waals surface area contributed by atoms with E-state index >= 15 is 0 Å². The van der Waals surface area contributed by atoms with Crippen molar-refractivity contribution in [3.05, 3.63) is 10.4 Å². The third kappa shape index (κ3) is 2.61. The Morgan fingerprint density at radius 2 is 2.17 bits per heavy atom. The number of hydrogen-bond donors (Lipinski definition) is 4. The van der Waals surface area contributed by atoms with Crippen LogP contribution in [-0.4, -0.2) is 63.0 Å². The molecule has 0 amide bonds. The maximum absolute atomic E-state index is 11.1. The zero-order valence-electron chi connectivity index (χ0n) is 9.67. The van der Waals surface area contributed by atoms with E-state index in [4.69, 9.17) is 15.4 Å². The highest BCUT2D eigenvalue weighted by molar-refractivity contribution is 5.76. The zero-order valence-corrected chi connectivity index (χ0v) is 9.67. The van der Waals surface area contributed by atoms with Gasteiger partial charge in [-0.1, -0.05) is 5.11 Å². The number of hydrogen-bond acceptors (Lipinski definition) is 7. The van der Waals surface area contributed by atoms with Gasteiger partial charge < -0.3 is 25.2 Å². The summed E-state index contributed by atoms with van der Waals surface area (Å²) >= 11 is 0. The molecule has 9 heteroatoms. The molecule has 1 rings (SSSR count). The molecular formula is C9H15N3O6. The van der Waals surface area contributed by atoms with Gasteiger partial charge in [-0.15, -0.1) is 0 Å². The van der Waals surface area contributed by atoms with Crippen molar-refractivity contribution in [2.75, 3.05) is 6.61 Å². The summed E-state index contributed by atoms with van der Waals surface area (Å²) < 4.78 is 4.99. The van der Waals surface area contributed by atoms with E-state index in [9.17, 15) is 20.1 Å². The molecule has 0 aromatic rings. The molecule has 0 aromatic heterocycles. The molecule has 4 N–H and O–H groups in total. The van der Waals surface area contributed by atoms with Gasteiger partial charge in [-0.05, 0) is 12.5 Å². The summed E-state index contributed by atoms with van der Waals surface area (Å²) in [5.41, 5.74) is 6.15. The first-order chi connectivity index (χ1) is 8.36. The smallest absolute Gasteiger partial charge is 0.168 e. The Balaban J connectivity index is 3.09. The van der Waals surface area contributed by atoms with Gasteiger partial charge in [0.1, 0.15) is 29.7 Å². The van der Waals surface area contributed by atoms with Crippen LogP contribution in [-0.2, 0) is 9.53 Å². The molecule has 0 radical (unpaired) electrons. The van der Waals surface area contributed by atoms with Gasteiger partial charge in [-0.25, -0.2) is 0 Å². The maximum Gasteiger partial charge on any atom is 0.168 e. The van der Waals surface area contributed by atoms with Crippen molar-refractivity contribution in [3.63, 3.8) is 0 Å². The van der Waals surface area contributed by atoms with Crippen LogP contribution in [0.4, 0.5) is 0 Å². The fraction of sp³-hybridized carbons (Fsp3) is 0.889. The molecule has 5 atom stereocenters. The molecule has 0 saturated carbocycles. The van der Waals surface area contributed by atoms with Crippen LogP contribution >= 0.6 is 0 Å². The second kappa shape index (κ2) is 5.61. The molecular weight excluding hydrogens is 246 g/mol. The first kappa shape index (κ1) is 14.8. The third-order valence-corrected chi connectivity index (χ3v) is 2.82. The molecule has 1 fully saturated rings. The summed E-state index contributed by atoms with van der Waals surface area (Å²) in [4.78, 5) is 13.5. The van der Waals surface area contributed by atoms with Gasteiger partial charge >= 0.3 is 0 Å². The largest absolute Gasteiger partial charge is 0.394 e. The van der Waals surface area contributed by atoms with E-state index < -0.39 is 49.0 Å². The van der Waals surface area contributed by atoms with Crippen molar-refractivity contribution >= 4 is 5.78 Å². The van der Waals surface area contributed by atoms with E-state index in [1.54, 1.807) is 0 Å². The zero-order chi connectivity index (χ0) is 13.9. The summed E-state index contributed by atoms with van der Waals surface area (Å²) in [6, 6.07) is 0. The lowest BCUT2D eigenvalue weighted by Gasteiger charge is -2.46. The van der Waals surface area contributed by atoms with Crippen LogP contribution in [0.2, 0.25) is 0 Å². The van der Waals surface area contributed by atoms with Gasteiger partial charge in [0, 0.05) is 11.3 Å². The molecule has 1 aliphatic rings. The molecule has 1 saturated heterocycles. The lowest BCUT2D eigenvalue weighted by Crippen LogP contribution is -2.66. The quantitative estimate of drug-likeness (QED) is 0.272. The number of azide groups is 1. The number of aliphatic hydroxyl groups excluding tert-OH is 3. The van der Waals surface area contributed by atoms with Crippen molar-refractivity contribution in [1.82, 2.24) is 0 Å². The van der Waals surface area contributed by atoms with Gasteiger partial charge in [0.05, 0.1) is 6.61 Å². The first-order valence-electron chi connectivity index (χ1n) is 5.25. The Morgan fingerprint density at radius 1 is 1.56 bits per heavy atom. The SMILES string of the molecule is CC(=O)C[C@]1(O)[C@H](N=[N+]=[N-])O[C@H](CO)[C@@H](O)[C@@H]1O. The Labute approximate surface area is 102 Å². The van der Waals surface area contributed by atoms with Crippen LogP contribution in [0.1, 0.15) is 13.3 Å². The average molecular weight is 261 g/mol. The second-order valence-electron chi connectivity index (χ2n) is 4.22. The van der Waals surface area contributed by atoms with Crippen LogP contribution in [0, 0.1) is 0 Å². The Morgan fingerprint density at radius 3 is 2.61 bits per heavy atom. The first-order valence-corrected chi connectivity index (χ1v) is 5.25. The summed E-state index contributed by atoms with van der Waals surface area (Å²) in [5.74, 6) is -0.479. The van der Waals surface area contributed by atoms with E-state index in [0.29, 0.717) is 0 Å². The Kier molecular flexibility index (Phi) is 4.63. The van der Waals surface area contributed by atoms with Crippen LogP contribution in [0.5, 0.6) is 0 Å². The topological polar surface area (TPSA) is 156 Å². The molecule has 0 unspecified atom stereocenters. The number of rotatable bonds is 4. The second-order valence-corrected chi connectivity index (χ2v) is 4.22. The highest BCUT2D eigenvalue weighted by atomic mass is 16.6. The summed E-state index contributed by atoms with van der Waals surface area (Å²) in [5, 5.41) is 41.7. The Hall–Kier alpha value is -1.22. The van der Waals surface area contributed by atoms with E-state index in [0.717, 1.165) is 0 Å². The van der Waals surface area contributed by atoms with Crippen LogP contribution in [0.3, 0.4) is 0 Å². The molecule has 1 aliphatic heterocycles. The summed E-state index contributed by atoms with van der Waals surface area (Å²) in [7, 11) is 0. The molecule has 0 aromatic carbocycles. The molecule has 18 heavy (non-hydrogen) atoms. The number of Topliss-reactive ketones (excluding diaryl/α,β-unsaturated/α-hetero) is 1. The van der Waals surface area contributed by atoms with Gasteiger partial charge in [-0.3, -0.25) is 4.79 Å². The number of carbonyl (C=O) groups excluding carboxylic acids is 1. The highest BCUT2D eigenvalue weighted by Gasteiger charge is 2.54. The molecule has 0 bridgehead atoms. The van der Waals surface area contributed by atoms with Crippen molar-refractivity contribution in [1.29, 1.82) is 0 Å². The predicted molar refractivity (Wildman–Crippen MR) is 57.2 cm³/mol. The van der Waals surface area contributed by atoms with E-state index in [2.05, 4.69) is 10.0 Å². The predicted octanol–water partition coefficient (Wildman–Crippen LogP) is -1.55. The number of ether oxygens (including phenoxy) is 1. The molecule has 9 nitrogen and oxygen atoms in total. The van der Waals surface area contributed by atoms with Crippen LogP contribution in [0.15, 0.2) is 5.11 Å². The molecule has 102 valence electrons. The van der Waals surface area contributed by atoms with E-state index in [1.807, 2.05) is 0 Å². The Bertz CT molecular complexity index is 371. The van der Waals surface area contributed by atoms with Gasteiger partial charge in [0.15, 0.2) is 6.23 Å². The number of nitrogens with zero attached hydrogens (tertiary/aromatic N) is 3. The molecule has 1 heterocycles.